The zero-order valence-electron chi connectivity index (χ0n) is 16.0. The van der Waals surface area contributed by atoms with Gasteiger partial charge >= 0.3 is 0 Å². The monoisotopic (exact) mass is 483 g/mol. The molecule has 3 aromatic rings. The number of aryl methyl sites for hydroxylation is 1. The van der Waals surface area contributed by atoms with Crippen LogP contribution in [0.2, 0.25) is 5.02 Å². The van der Waals surface area contributed by atoms with Crippen molar-refractivity contribution < 1.29 is 13.9 Å². The molecule has 1 N–H and O–H groups in total. The number of nitrogens with zero attached hydrogens (tertiary/aromatic N) is 4. The van der Waals surface area contributed by atoms with E-state index in [1.54, 1.807) is 22.9 Å². The molecule has 1 aromatic heterocycles. The molecule has 2 aromatic carbocycles. The van der Waals surface area contributed by atoms with Gasteiger partial charge in [0.25, 0.3) is 0 Å². The summed E-state index contributed by atoms with van der Waals surface area (Å²) in [7, 11) is 0. The fraction of sp³-hybridized carbons (Fsp3) is 0.316. The van der Waals surface area contributed by atoms with E-state index in [0.29, 0.717) is 47.7 Å². The molecule has 29 heavy (non-hydrogen) atoms. The van der Waals surface area contributed by atoms with E-state index in [2.05, 4.69) is 36.8 Å². The Morgan fingerprint density at radius 2 is 2.00 bits per heavy atom. The van der Waals surface area contributed by atoms with Crippen molar-refractivity contribution in [3.8, 4) is 11.5 Å². The van der Waals surface area contributed by atoms with Crippen LogP contribution >= 0.6 is 27.5 Å². The molecule has 0 fully saturated rings. The van der Waals surface area contributed by atoms with Crippen molar-refractivity contribution in [2.45, 2.75) is 33.5 Å². The van der Waals surface area contributed by atoms with Crippen LogP contribution in [0.1, 0.15) is 25.0 Å². The molecule has 154 valence electrons. The highest BCUT2D eigenvalue weighted by Crippen LogP contribution is 2.35. The Morgan fingerprint density at radius 1 is 1.21 bits per heavy atom. The van der Waals surface area contributed by atoms with Crippen molar-refractivity contribution >= 4 is 33.5 Å². The van der Waals surface area contributed by atoms with Gasteiger partial charge in [-0.05, 0) is 54.1 Å². The maximum Gasteiger partial charge on any atom is 0.243 e. The first-order chi connectivity index (χ1) is 14.0. The smallest absolute Gasteiger partial charge is 0.243 e. The molecule has 0 unspecified atom stereocenters. The van der Waals surface area contributed by atoms with Crippen LogP contribution in [-0.2, 0) is 19.7 Å². The summed E-state index contributed by atoms with van der Waals surface area (Å²) in [5.41, 5.74) is 1.22. The molecular weight excluding hydrogens is 465 g/mol. The van der Waals surface area contributed by atoms with E-state index in [1.807, 2.05) is 19.9 Å². The van der Waals surface area contributed by atoms with Crippen LogP contribution < -0.4 is 14.8 Å². The van der Waals surface area contributed by atoms with Crippen LogP contribution in [0.4, 0.5) is 10.3 Å². The molecule has 0 aliphatic rings. The van der Waals surface area contributed by atoms with Crippen LogP contribution in [0.15, 0.2) is 34.8 Å². The second kappa shape index (κ2) is 9.89. The van der Waals surface area contributed by atoms with Gasteiger partial charge in [-0.25, -0.2) is 9.07 Å². The van der Waals surface area contributed by atoms with E-state index < -0.39 is 5.82 Å². The largest absolute Gasteiger partial charge is 0.490 e. The Bertz CT molecular complexity index is 965. The van der Waals surface area contributed by atoms with Crippen molar-refractivity contribution in [2.75, 3.05) is 11.9 Å². The molecule has 0 amide bonds. The van der Waals surface area contributed by atoms with Gasteiger partial charge in [0.05, 0.1) is 11.6 Å². The van der Waals surface area contributed by atoms with Crippen molar-refractivity contribution in [1.82, 2.24) is 20.2 Å². The van der Waals surface area contributed by atoms with E-state index in [9.17, 15) is 4.39 Å². The number of hydrogen-bond acceptors (Lipinski definition) is 6. The van der Waals surface area contributed by atoms with Gasteiger partial charge in [-0.3, -0.25) is 0 Å². The van der Waals surface area contributed by atoms with Gasteiger partial charge in [-0.1, -0.05) is 38.7 Å². The van der Waals surface area contributed by atoms with Crippen LogP contribution in [0.5, 0.6) is 11.5 Å². The van der Waals surface area contributed by atoms with Gasteiger partial charge < -0.3 is 14.8 Å². The van der Waals surface area contributed by atoms with Gasteiger partial charge in [-0.2, -0.15) is 0 Å². The van der Waals surface area contributed by atoms with Gasteiger partial charge in [0, 0.05) is 23.1 Å². The number of aromatic nitrogens is 4. The zero-order valence-corrected chi connectivity index (χ0v) is 18.3. The Morgan fingerprint density at radius 3 is 2.72 bits per heavy atom. The maximum absolute atomic E-state index is 14.0. The average molecular weight is 485 g/mol. The summed E-state index contributed by atoms with van der Waals surface area (Å²) in [4.78, 5) is 0. The molecule has 0 saturated carbocycles. The number of benzene rings is 2. The standard InChI is InChI=1S/C19H20BrClFN5O2/c1-3-27-19(24-25-26-27)23-10-12-8-17(28-4-2)18(9-14(12)20)29-11-13-15(21)6-5-7-16(13)22/h5-9H,3-4,10-11H2,1-2H3,(H,23,24,26). The minimum atomic E-state index is -0.413. The quantitative estimate of drug-likeness (QED) is 0.469. The topological polar surface area (TPSA) is 74.1 Å². The number of anilines is 1. The lowest BCUT2D eigenvalue weighted by atomic mass is 10.2. The zero-order chi connectivity index (χ0) is 20.8. The Labute approximate surface area is 181 Å². The van der Waals surface area contributed by atoms with E-state index in [4.69, 9.17) is 21.1 Å². The van der Waals surface area contributed by atoms with Gasteiger partial charge in [-0.15, -0.1) is 0 Å². The summed E-state index contributed by atoms with van der Waals surface area (Å²) >= 11 is 9.63. The molecule has 10 heteroatoms. The highest BCUT2D eigenvalue weighted by molar-refractivity contribution is 9.10. The number of ether oxygens (including phenoxy) is 2. The molecule has 0 saturated heterocycles. The molecule has 0 spiro atoms. The Hall–Kier alpha value is -2.39. The van der Waals surface area contributed by atoms with Gasteiger partial charge in [0.15, 0.2) is 11.5 Å². The van der Waals surface area contributed by atoms with E-state index in [-0.39, 0.29) is 6.61 Å². The lowest BCUT2D eigenvalue weighted by Crippen LogP contribution is -2.09. The number of halogens is 3. The summed E-state index contributed by atoms with van der Waals surface area (Å²) in [6, 6.07) is 8.18. The highest BCUT2D eigenvalue weighted by Gasteiger charge is 2.14. The molecule has 0 atom stereocenters. The summed E-state index contributed by atoms with van der Waals surface area (Å²) < 4.78 is 28.0. The molecule has 3 rings (SSSR count). The summed E-state index contributed by atoms with van der Waals surface area (Å²) in [5.74, 6) is 1.20. The van der Waals surface area contributed by atoms with Crippen LogP contribution in [0.3, 0.4) is 0 Å². The summed E-state index contributed by atoms with van der Waals surface area (Å²) in [6.45, 7) is 5.41. The molecule has 7 nitrogen and oxygen atoms in total. The molecular formula is C19H20BrClFN5O2. The minimum Gasteiger partial charge on any atom is -0.490 e. The van der Waals surface area contributed by atoms with Crippen molar-refractivity contribution in [3.63, 3.8) is 0 Å². The van der Waals surface area contributed by atoms with Crippen molar-refractivity contribution in [1.29, 1.82) is 0 Å². The SMILES string of the molecule is CCOc1cc(CNc2nnnn2CC)c(Br)cc1OCc1c(F)cccc1Cl. The molecule has 0 aliphatic carbocycles. The third-order valence-electron chi connectivity index (χ3n) is 4.11. The molecule has 0 bridgehead atoms. The van der Waals surface area contributed by atoms with Crippen molar-refractivity contribution in [3.05, 3.63) is 56.8 Å². The molecule has 0 radical (unpaired) electrons. The van der Waals surface area contributed by atoms with E-state index >= 15 is 0 Å². The molecule has 1 heterocycles. The van der Waals surface area contributed by atoms with Crippen LogP contribution in [0.25, 0.3) is 0 Å². The number of nitrogens with one attached hydrogen (secondary N) is 1. The fourth-order valence-electron chi connectivity index (χ4n) is 2.63. The van der Waals surface area contributed by atoms with Crippen molar-refractivity contribution in [2.24, 2.45) is 0 Å². The molecule has 0 aliphatic heterocycles. The lowest BCUT2D eigenvalue weighted by molar-refractivity contribution is 0.265. The predicted molar refractivity (Wildman–Crippen MR) is 112 cm³/mol. The van der Waals surface area contributed by atoms with Gasteiger partial charge in [0.1, 0.15) is 12.4 Å². The second-order valence-electron chi connectivity index (χ2n) is 5.98. The number of tetrazole rings is 1. The highest BCUT2D eigenvalue weighted by atomic mass is 79.9. The normalized spacial score (nSPS) is 10.8. The first-order valence-corrected chi connectivity index (χ1v) is 10.2. The summed E-state index contributed by atoms with van der Waals surface area (Å²) in [5, 5.41) is 15.0. The number of rotatable bonds is 9. The van der Waals surface area contributed by atoms with Crippen LogP contribution in [-0.4, -0.2) is 26.8 Å². The lowest BCUT2D eigenvalue weighted by Gasteiger charge is -2.16. The third kappa shape index (κ3) is 5.16. The first kappa shape index (κ1) is 21.3. The first-order valence-electron chi connectivity index (χ1n) is 9.04. The average Bonchev–Trinajstić information content (AvgIpc) is 3.16. The minimum absolute atomic E-state index is 0.0130. The summed E-state index contributed by atoms with van der Waals surface area (Å²) in [6.07, 6.45) is 0. The van der Waals surface area contributed by atoms with E-state index in [0.717, 1.165) is 10.0 Å². The second-order valence-corrected chi connectivity index (χ2v) is 7.25. The third-order valence-corrected chi connectivity index (χ3v) is 5.21. The maximum atomic E-state index is 14.0. The fourth-order valence-corrected chi connectivity index (χ4v) is 3.31. The Kier molecular flexibility index (Phi) is 7.27. The number of hydrogen-bond donors (Lipinski definition) is 1. The van der Waals surface area contributed by atoms with Gasteiger partial charge in [0.2, 0.25) is 5.95 Å². The van der Waals surface area contributed by atoms with E-state index in [1.165, 1.54) is 6.07 Å². The van der Waals surface area contributed by atoms with Crippen LogP contribution in [0, 0.1) is 5.82 Å². The predicted octanol–water partition coefficient (Wildman–Crippen LogP) is 4.84. The Balaban J connectivity index is 1.78.